The van der Waals surface area contributed by atoms with E-state index in [0.717, 1.165) is 0 Å². The fraction of sp³-hybridized carbons (Fsp3) is 0.818. The summed E-state index contributed by atoms with van der Waals surface area (Å²) in [5, 5.41) is 5.61. The van der Waals surface area contributed by atoms with Crippen molar-refractivity contribution in [2.24, 2.45) is 0 Å². The first-order valence-electron chi connectivity index (χ1n) is 6.28. The number of hydrogen-bond acceptors (Lipinski definition) is 5. The molecule has 11 heteroatoms. The number of nitrogens with zero attached hydrogens (tertiary/aromatic N) is 1. The van der Waals surface area contributed by atoms with Crippen molar-refractivity contribution in [1.29, 1.82) is 0 Å². The number of esters is 1. The summed E-state index contributed by atoms with van der Waals surface area (Å²) in [6, 6.07) is -1.02. The number of carboxylic acid groups (broad SMARTS) is 1. The van der Waals surface area contributed by atoms with E-state index in [2.05, 4.69) is 4.74 Å². The van der Waals surface area contributed by atoms with Gasteiger partial charge < -0.3 is 9.84 Å². The molecule has 0 bridgehead atoms. The lowest BCUT2D eigenvalue weighted by molar-refractivity contribution is -0.155. The van der Waals surface area contributed by atoms with Gasteiger partial charge in [0.25, 0.3) is 0 Å². The lowest BCUT2D eigenvalue weighted by Crippen LogP contribution is -2.51. The second-order valence-electron chi connectivity index (χ2n) is 4.62. The molecule has 0 aromatic rings. The Kier molecular flexibility index (Phi) is 7.29. The zero-order chi connectivity index (χ0) is 17.7. The van der Waals surface area contributed by atoms with Gasteiger partial charge in [0.05, 0.1) is 13.0 Å². The number of carbonyl (C=O) groups is 2. The molecule has 0 fully saturated rings. The normalized spacial score (nSPS) is 14.2. The molecule has 7 nitrogen and oxygen atoms in total. The largest absolute Gasteiger partial charge is 0.480 e. The van der Waals surface area contributed by atoms with E-state index in [1.165, 1.54) is 20.8 Å². The Morgan fingerprint density at radius 1 is 1.27 bits per heavy atom. The van der Waals surface area contributed by atoms with Crippen LogP contribution < -0.4 is 0 Å². The third-order valence-corrected chi connectivity index (χ3v) is 4.93. The van der Waals surface area contributed by atoms with Crippen LogP contribution in [0.3, 0.4) is 0 Å². The second kappa shape index (κ2) is 7.77. The summed E-state index contributed by atoms with van der Waals surface area (Å²) in [6.45, 7) is 2.50. The summed E-state index contributed by atoms with van der Waals surface area (Å²) < 4.78 is 67.9. The molecule has 1 atom stereocenters. The molecule has 0 heterocycles. The Balaban J connectivity index is 5.67. The molecule has 0 saturated carbocycles. The van der Waals surface area contributed by atoms with Gasteiger partial charge >= 0.3 is 18.1 Å². The highest BCUT2D eigenvalue weighted by molar-refractivity contribution is 7.89. The van der Waals surface area contributed by atoms with Crippen LogP contribution >= 0.6 is 0 Å². The maximum Gasteiger partial charge on any atom is 0.407 e. The average molecular weight is 349 g/mol. The monoisotopic (exact) mass is 349 g/mol. The van der Waals surface area contributed by atoms with Gasteiger partial charge in [-0.2, -0.15) is 17.5 Å². The predicted molar refractivity (Wildman–Crippen MR) is 69.5 cm³/mol. The molecule has 0 amide bonds. The number of carbonyl (C=O) groups excluding carboxylic acids is 1. The van der Waals surface area contributed by atoms with Crippen molar-refractivity contribution in [3.63, 3.8) is 0 Å². The third-order valence-electron chi connectivity index (χ3n) is 2.58. The Morgan fingerprint density at radius 3 is 2.09 bits per heavy atom. The van der Waals surface area contributed by atoms with Crippen LogP contribution in [0.4, 0.5) is 13.2 Å². The van der Waals surface area contributed by atoms with E-state index in [0.29, 0.717) is 0 Å². The van der Waals surface area contributed by atoms with E-state index in [1.54, 1.807) is 0 Å². The van der Waals surface area contributed by atoms with Crippen LogP contribution in [0.5, 0.6) is 0 Å². The van der Waals surface area contributed by atoms with Crippen molar-refractivity contribution in [2.75, 3.05) is 13.2 Å². The molecule has 0 aliphatic rings. The number of alkyl halides is 3. The van der Waals surface area contributed by atoms with Crippen LogP contribution in [0.25, 0.3) is 0 Å². The van der Waals surface area contributed by atoms with Gasteiger partial charge in [0, 0.05) is 6.04 Å². The first-order chi connectivity index (χ1) is 9.83. The molecule has 0 aromatic heterocycles. The minimum absolute atomic E-state index is 0.201. The number of hydrogen-bond donors (Lipinski definition) is 1. The molecule has 22 heavy (non-hydrogen) atoms. The average Bonchev–Trinajstić information content (AvgIpc) is 2.31. The number of sulfonamides is 1. The molecule has 0 rings (SSSR count). The molecule has 0 aliphatic carbocycles. The van der Waals surface area contributed by atoms with E-state index < -0.39 is 52.4 Å². The maximum atomic E-state index is 13.0. The molecule has 0 radical (unpaired) electrons. The number of rotatable bonds is 8. The predicted octanol–water partition coefficient (Wildman–Crippen LogP) is 0.995. The van der Waals surface area contributed by atoms with Crippen LogP contribution in [-0.4, -0.2) is 60.4 Å². The minimum Gasteiger partial charge on any atom is -0.480 e. The van der Waals surface area contributed by atoms with Gasteiger partial charge in [-0.1, -0.05) is 0 Å². The summed E-state index contributed by atoms with van der Waals surface area (Å²) >= 11 is 0. The summed E-state index contributed by atoms with van der Waals surface area (Å²) in [4.78, 5) is 21.9. The molecule has 1 unspecified atom stereocenters. The van der Waals surface area contributed by atoms with Gasteiger partial charge in [-0.3, -0.25) is 9.59 Å². The van der Waals surface area contributed by atoms with Crippen molar-refractivity contribution in [1.82, 2.24) is 4.31 Å². The Hall–Kier alpha value is -1.36. The summed E-state index contributed by atoms with van der Waals surface area (Å²) in [6.07, 6.45) is -6.67. The molecule has 0 saturated heterocycles. The topological polar surface area (TPSA) is 101 Å². The number of halogens is 3. The van der Waals surface area contributed by atoms with Crippen molar-refractivity contribution in [3.8, 4) is 0 Å². The molecule has 0 aromatic carbocycles. The summed E-state index contributed by atoms with van der Waals surface area (Å²) in [5.41, 5.74) is 0. The summed E-state index contributed by atoms with van der Waals surface area (Å²) in [5.74, 6) is -2.93. The molecule has 0 spiro atoms. The van der Waals surface area contributed by atoms with Gasteiger partial charge in [0.1, 0.15) is 6.54 Å². The zero-order valence-corrected chi connectivity index (χ0v) is 13.1. The quantitative estimate of drug-likeness (QED) is 0.656. The van der Waals surface area contributed by atoms with Crippen molar-refractivity contribution < 1.29 is 41.0 Å². The molecular formula is C11H18F3NO6S. The lowest BCUT2D eigenvalue weighted by Gasteiger charge is -2.29. The van der Waals surface area contributed by atoms with Gasteiger partial charge in [0.15, 0.2) is 5.25 Å². The van der Waals surface area contributed by atoms with Crippen LogP contribution in [0.2, 0.25) is 0 Å². The van der Waals surface area contributed by atoms with Crippen molar-refractivity contribution >= 4 is 22.0 Å². The van der Waals surface area contributed by atoms with E-state index >= 15 is 0 Å². The number of aliphatic carboxylic acids is 1. The van der Waals surface area contributed by atoms with E-state index in [1.807, 2.05) is 0 Å². The highest BCUT2D eigenvalue weighted by Crippen LogP contribution is 2.31. The maximum absolute atomic E-state index is 13.0. The minimum atomic E-state index is -5.24. The van der Waals surface area contributed by atoms with Crippen molar-refractivity contribution in [2.45, 2.75) is 44.7 Å². The van der Waals surface area contributed by atoms with Crippen LogP contribution in [0, 0.1) is 0 Å². The zero-order valence-electron chi connectivity index (χ0n) is 12.3. The summed E-state index contributed by atoms with van der Waals surface area (Å²) in [7, 11) is -5.10. The fourth-order valence-corrected chi connectivity index (χ4v) is 3.51. The number of ether oxygens (including phenoxy) is 1. The molecule has 130 valence electrons. The van der Waals surface area contributed by atoms with Crippen LogP contribution in [0.1, 0.15) is 27.2 Å². The fourth-order valence-electron chi connectivity index (χ4n) is 1.62. The van der Waals surface area contributed by atoms with Crippen LogP contribution in [-0.2, 0) is 24.3 Å². The number of carboxylic acids is 1. The first kappa shape index (κ1) is 20.6. The highest BCUT2D eigenvalue weighted by Gasteiger charge is 2.52. The van der Waals surface area contributed by atoms with E-state index in [9.17, 15) is 31.2 Å². The first-order valence-corrected chi connectivity index (χ1v) is 7.79. The third kappa shape index (κ3) is 5.79. The van der Waals surface area contributed by atoms with Crippen LogP contribution in [0.15, 0.2) is 0 Å². The Labute approximate surface area is 126 Å². The van der Waals surface area contributed by atoms with Gasteiger partial charge in [0.2, 0.25) is 10.0 Å². The lowest BCUT2D eigenvalue weighted by atomic mass is 10.3. The molecular weight excluding hydrogens is 331 g/mol. The molecule has 0 aliphatic heterocycles. The van der Waals surface area contributed by atoms with E-state index in [4.69, 9.17) is 5.11 Å². The van der Waals surface area contributed by atoms with E-state index in [-0.39, 0.29) is 10.9 Å². The Bertz CT molecular complexity index is 502. The SMILES string of the molecule is CCOC(=O)CC(C(F)(F)F)S(=O)(=O)N(CC(=O)O)C(C)C. The smallest absolute Gasteiger partial charge is 0.407 e. The standard InChI is InChI=1S/C11H18F3NO6S/c1-4-21-10(18)5-8(11(12,13)14)22(19,20)15(7(2)3)6-9(16)17/h7-8H,4-6H2,1-3H3,(H,16,17). The van der Waals surface area contributed by atoms with Crippen molar-refractivity contribution in [3.05, 3.63) is 0 Å². The molecule has 1 N–H and O–H groups in total. The second-order valence-corrected chi connectivity index (χ2v) is 6.69. The van der Waals surface area contributed by atoms with Gasteiger partial charge in [-0.25, -0.2) is 8.42 Å². The Morgan fingerprint density at radius 2 is 1.77 bits per heavy atom. The van der Waals surface area contributed by atoms with Gasteiger partial charge in [-0.05, 0) is 20.8 Å². The van der Waals surface area contributed by atoms with Gasteiger partial charge in [-0.15, -0.1) is 0 Å². The highest BCUT2D eigenvalue weighted by atomic mass is 32.2.